The Morgan fingerprint density at radius 1 is 1.62 bits per heavy atom. The lowest BCUT2D eigenvalue weighted by molar-refractivity contribution is -0.384. The van der Waals surface area contributed by atoms with Gasteiger partial charge >= 0.3 is 0 Å². The summed E-state index contributed by atoms with van der Waals surface area (Å²) < 4.78 is 5.48. The molecule has 0 radical (unpaired) electrons. The second kappa shape index (κ2) is 4.10. The van der Waals surface area contributed by atoms with Gasteiger partial charge in [-0.3, -0.25) is 10.1 Å². The zero-order valence-corrected chi connectivity index (χ0v) is 9.50. The first-order chi connectivity index (χ1) is 6.06. The van der Waals surface area contributed by atoms with Crippen LogP contribution in [0.1, 0.15) is 0 Å². The molecule has 70 valence electrons. The Kier molecular flexibility index (Phi) is 3.32. The number of nitro benzene ring substituents is 1. The quantitative estimate of drug-likeness (QED) is 0.479. The molecule has 0 aliphatic carbocycles. The average Bonchev–Trinajstić information content (AvgIpc) is 2.09. The number of nitro groups is 1. The topological polar surface area (TPSA) is 52.4 Å². The molecular weight excluding hydrogens is 308 g/mol. The zero-order valence-electron chi connectivity index (χ0n) is 6.58. The number of hydrogen-bond donors (Lipinski definition) is 0. The molecule has 1 rings (SSSR count). The van der Waals surface area contributed by atoms with Crippen LogP contribution in [0, 0.1) is 13.7 Å². The maximum absolute atomic E-state index is 10.5. The normalized spacial score (nSPS) is 9.77. The van der Waals surface area contributed by atoms with Crippen LogP contribution in [0.15, 0.2) is 12.1 Å². The molecule has 0 N–H and O–H groups in total. The second-order valence-electron chi connectivity index (χ2n) is 2.20. The summed E-state index contributed by atoms with van der Waals surface area (Å²) in [6.45, 7) is 0. The van der Waals surface area contributed by atoms with Gasteiger partial charge in [0.1, 0.15) is 10.8 Å². The van der Waals surface area contributed by atoms with Crippen molar-refractivity contribution in [3.05, 3.63) is 30.8 Å². The standard InChI is InChI=1S/C7H5ClINO3/c1-13-4-2-5(9)7(8)6(3-4)10(11)12/h2-3H,1H3. The number of nitrogens with zero attached hydrogens (tertiary/aromatic N) is 1. The molecule has 0 fully saturated rings. The fraction of sp³-hybridized carbons (Fsp3) is 0.143. The minimum Gasteiger partial charge on any atom is -0.496 e. The van der Waals surface area contributed by atoms with Crippen LogP contribution >= 0.6 is 34.2 Å². The van der Waals surface area contributed by atoms with E-state index >= 15 is 0 Å². The average molecular weight is 313 g/mol. The molecule has 1 aromatic rings. The minimum atomic E-state index is -0.535. The van der Waals surface area contributed by atoms with Crippen molar-refractivity contribution in [3.8, 4) is 5.75 Å². The molecule has 0 unspecified atom stereocenters. The van der Waals surface area contributed by atoms with Crippen LogP contribution < -0.4 is 4.74 Å². The van der Waals surface area contributed by atoms with E-state index in [4.69, 9.17) is 16.3 Å². The van der Waals surface area contributed by atoms with E-state index in [9.17, 15) is 10.1 Å². The molecule has 0 heterocycles. The van der Waals surface area contributed by atoms with Crippen molar-refractivity contribution in [1.82, 2.24) is 0 Å². The van der Waals surface area contributed by atoms with E-state index < -0.39 is 4.92 Å². The molecule has 1 aromatic carbocycles. The highest BCUT2D eigenvalue weighted by Crippen LogP contribution is 2.33. The summed E-state index contributed by atoms with van der Waals surface area (Å²) in [5.41, 5.74) is -0.134. The van der Waals surface area contributed by atoms with E-state index in [-0.39, 0.29) is 10.7 Å². The summed E-state index contributed by atoms with van der Waals surface area (Å²) in [5, 5.41) is 10.6. The van der Waals surface area contributed by atoms with Crippen LogP contribution in [-0.4, -0.2) is 12.0 Å². The van der Waals surface area contributed by atoms with Crippen molar-refractivity contribution in [1.29, 1.82) is 0 Å². The van der Waals surface area contributed by atoms with Gasteiger partial charge in [-0.1, -0.05) is 11.6 Å². The molecule has 0 saturated heterocycles. The first-order valence-corrected chi connectivity index (χ1v) is 4.69. The molecule has 13 heavy (non-hydrogen) atoms. The summed E-state index contributed by atoms with van der Waals surface area (Å²) in [6, 6.07) is 2.93. The summed E-state index contributed by atoms with van der Waals surface area (Å²) in [6.07, 6.45) is 0. The van der Waals surface area contributed by atoms with Crippen LogP contribution in [0.5, 0.6) is 5.75 Å². The van der Waals surface area contributed by atoms with E-state index in [1.807, 2.05) is 22.6 Å². The highest BCUT2D eigenvalue weighted by molar-refractivity contribution is 14.1. The lowest BCUT2D eigenvalue weighted by Crippen LogP contribution is -1.93. The Labute approximate surface area is 93.1 Å². The van der Waals surface area contributed by atoms with Gasteiger partial charge in [-0.2, -0.15) is 0 Å². The number of rotatable bonds is 2. The zero-order chi connectivity index (χ0) is 10.0. The molecule has 0 atom stereocenters. The molecule has 6 heteroatoms. The number of hydrogen-bond acceptors (Lipinski definition) is 3. The van der Waals surface area contributed by atoms with E-state index in [2.05, 4.69) is 0 Å². The molecule has 0 aromatic heterocycles. The van der Waals surface area contributed by atoms with E-state index in [1.54, 1.807) is 6.07 Å². The van der Waals surface area contributed by atoms with E-state index in [0.29, 0.717) is 9.32 Å². The number of benzene rings is 1. The third-order valence-electron chi connectivity index (χ3n) is 1.41. The lowest BCUT2D eigenvalue weighted by Gasteiger charge is -2.02. The molecular formula is C7H5ClINO3. The van der Waals surface area contributed by atoms with E-state index in [0.717, 1.165) is 0 Å². The van der Waals surface area contributed by atoms with Crippen molar-refractivity contribution in [2.45, 2.75) is 0 Å². The van der Waals surface area contributed by atoms with Crippen molar-refractivity contribution in [2.75, 3.05) is 7.11 Å². The Morgan fingerprint density at radius 3 is 2.69 bits per heavy atom. The van der Waals surface area contributed by atoms with Gasteiger partial charge in [-0.05, 0) is 28.7 Å². The van der Waals surface area contributed by atoms with Gasteiger partial charge in [-0.25, -0.2) is 0 Å². The lowest BCUT2D eigenvalue weighted by atomic mass is 10.3. The summed E-state index contributed by atoms with van der Waals surface area (Å²) in [4.78, 5) is 9.97. The SMILES string of the molecule is COc1cc(I)c(Cl)c([N+](=O)[O-])c1. The van der Waals surface area contributed by atoms with Crippen LogP contribution in [0.25, 0.3) is 0 Å². The minimum absolute atomic E-state index is 0.134. The fourth-order valence-electron chi connectivity index (χ4n) is 0.801. The highest BCUT2D eigenvalue weighted by atomic mass is 127. The highest BCUT2D eigenvalue weighted by Gasteiger charge is 2.16. The van der Waals surface area contributed by atoms with Crippen molar-refractivity contribution in [2.24, 2.45) is 0 Å². The van der Waals surface area contributed by atoms with Gasteiger partial charge in [0.05, 0.1) is 18.1 Å². The van der Waals surface area contributed by atoms with Gasteiger partial charge in [0.15, 0.2) is 0 Å². The Hall–Kier alpha value is -0.560. The van der Waals surface area contributed by atoms with Crippen molar-refractivity contribution < 1.29 is 9.66 Å². The monoisotopic (exact) mass is 313 g/mol. The van der Waals surface area contributed by atoms with Crippen LogP contribution in [-0.2, 0) is 0 Å². The predicted octanol–water partition coefficient (Wildman–Crippen LogP) is 2.86. The number of ether oxygens (including phenoxy) is 1. The molecule has 4 nitrogen and oxygen atoms in total. The summed E-state index contributed by atoms with van der Waals surface area (Å²) in [5.74, 6) is 0.431. The van der Waals surface area contributed by atoms with Gasteiger partial charge in [-0.15, -0.1) is 0 Å². The molecule has 0 saturated carbocycles. The first-order valence-electron chi connectivity index (χ1n) is 3.23. The molecule has 0 bridgehead atoms. The maximum Gasteiger partial charge on any atom is 0.292 e. The van der Waals surface area contributed by atoms with Gasteiger partial charge < -0.3 is 4.74 Å². The number of halogens is 2. The van der Waals surface area contributed by atoms with Crippen molar-refractivity contribution >= 4 is 39.9 Å². The fourth-order valence-corrected chi connectivity index (χ4v) is 1.56. The number of methoxy groups -OCH3 is 1. The third kappa shape index (κ3) is 2.22. The summed E-state index contributed by atoms with van der Waals surface area (Å²) >= 11 is 7.63. The molecule has 0 aliphatic heterocycles. The second-order valence-corrected chi connectivity index (χ2v) is 3.74. The van der Waals surface area contributed by atoms with Gasteiger partial charge in [0.2, 0.25) is 0 Å². The molecule has 0 amide bonds. The van der Waals surface area contributed by atoms with Gasteiger partial charge in [0, 0.05) is 3.57 Å². The van der Waals surface area contributed by atoms with Crippen LogP contribution in [0.2, 0.25) is 5.02 Å². The molecule has 0 spiro atoms. The summed E-state index contributed by atoms with van der Waals surface area (Å²) in [7, 11) is 1.45. The van der Waals surface area contributed by atoms with E-state index in [1.165, 1.54) is 13.2 Å². The Morgan fingerprint density at radius 2 is 2.23 bits per heavy atom. The van der Waals surface area contributed by atoms with Crippen LogP contribution in [0.4, 0.5) is 5.69 Å². The Balaban J connectivity index is 3.33. The van der Waals surface area contributed by atoms with Crippen molar-refractivity contribution in [3.63, 3.8) is 0 Å². The van der Waals surface area contributed by atoms with Gasteiger partial charge in [0.25, 0.3) is 5.69 Å². The smallest absolute Gasteiger partial charge is 0.292 e. The molecule has 0 aliphatic rings. The van der Waals surface area contributed by atoms with Crippen LogP contribution in [0.3, 0.4) is 0 Å². The predicted molar refractivity (Wildman–Crippen MR) is 57.4 cm³/mol. The first kappa shape index (κ1) is 10.5. The largest absolute Gasteiger partial charge is 0.496 e. The maximum atomic E-state index is 10.5. The third-order valence-corrected chi connectivity index (χ3v) is 2.98. The Bertz CT molecular complexity index is 356.